The molecular weight excluding hydrogens is 278 g/mol. The fraction of sp³-hybridized carbons (Fsp3) is 0.333. The molecule has 0 aliphatic rings. The van der Waals surface area contributed by atoms with Gasteiger partial charge in [0.25, 0.3) is 0 Å². The van der Waals surface area contributed by atoms with Crippen LogP contribution in [0.3, 0.4) is 0 Å². The highest BCUT2D eigenvalue weighted by Crippen LogP contribution is 2.21. The summed E-state index contributed by atoms with van der Waals surface area (Å²) in [6.45, 7) is -0.102. The van der Waals surface area contributed by atoms with Gasteiger partial charge in [0, 0.05) is 5.56 Å². The molecule has 2 aromatic rings. The standard InChI is InChI=1S/C15H16F2N2O2/c1-2-3-8-20-13-9-18-14(19-10-13)11-4-6-12(7-5-11)21-15(16)17/h4-7,9-10,15H,2-3,8H2,1H3. The Morgan fingerprint density at radius 3 is 2.29 bits per heavy atom. The quantitative estimate of drug-likeness (QED) is 0.726. The van der Waals surface area contributed by atoms with Crippen molar-refractivity contribution in [3.8, 4) is 22.9 Å². The van der Waals surface area contributed by atoms with Gasteiger partial charge in [-0.1, -0.05) is 13.3 Å². The first-order valence-electron chi connectivity index (χ1n) is 6.69. The molecule has 0 aliphatic heterocycles. The third kappa shape index (κ3) is 4.66. The van der Waals surface area contributed by atoms with Crippen LogP contribution in [-0.2, 0) is 0 Å². The van der Waals surface area contributed by atoms with Gasteiger partial charge in [0.2, 0.25) is 0 Å². The lowest BCUT2D eigenvalue weighted by Gasteiger charge is -2.06. The third-order valence-electron chi connectivity index (χ3n) is 2.73. The molecule has 0 unspecified atom stereocenters. The first-order chi connectivity index (χ1) is 10.2. The second-order valence-electron chi connectivity index (χ2n) is 4.35. The van der Waals surface area contributed by atoms with Crippen molar-refractivity contribution in [2.75, 3.05) is 6.61 Å². The number of hydrogen-bond acceptors (Lipinski definition) is 4. The molecule has 4 nitrogen and oxygen atoms in total. The molecule has 2 rings (SSSR count). The lowest BCUT2D eigenvalue weighted by Crippen LogP contribution is -2.01. The molecule has 112 valence electrons. The van der Waals surface area contributed by atoms with E-state index in [0.717, 1.165) is 18.4 Å². The van der Waals surface area contributed by atoms with Crippen molar-refractivity contribution in [2.24, 2.45) is 0 Å². The number of ether oxygens (including phenoxy) is 2. The number of rotatable bonds is 7. The monoisotopic (exact) mass is 294 g/mol. The topological polar surface area (TPSA) is 44.2 Å². The minimum absolute atomic E-state index is 0.105. The highest BCUT2D eigenvalue weighted by Gasteiger charge is 2.06. The molecule has 1 aromatic heterocycles. The summed E-state index contributed by atoms with van der Waals surface area (Å²) in [7, 11) is 0. The van der Waals surface area contributed by atoms with Crippen LogP contribution >= 0.6 is 0 Å². The average Bonchev–Trinajstić information content (AvgIpc) is 2.49. The molecule has 0 N–H and O–H groups in total. The maximum absolute atomic E-state index is 12.1. The van der Waals surface area contributed by atoms with E-state index < -0.39 is 6.61 Å². The molecule has 21 heavy (non-hydrogen) atoms. The Kier molecular flexibility index (Phi) is 5.43. The molecule has 0 bridgehead atoms. The Morgan fingerprint density at radius 2 is 1.71 bits per heavy atom. The second-order valence-corrected chi connectivity index (χ2v) is 4.35. The minimum atomic E-state index is -2.83. The van der Waals surface area contributed by atoms with E-state index in [9.17, 15) is 8.78 Å². The summed E-state index contributed by atoms with van der Waals surface area (Å²) in [5.41, 5.74) is 0.719. The number of halogens is 2. The maximum atomic E-state index is 12.1. The number of aromatic nitrogens is 2. The average molecular weight is 294 g/mol. The van der Waals surface area contributed by atoms with E-state index in [1.54, 1.807) is 24.5 Å². The molecule has 0 fully saturated rings. The molecule has 1 aromatic carbocycles. The zero-order valence-electron chi connectivity index (χ0n) is 11.6. The third-order valence-corrected chi connectivity index (χ3v) is 2.73. The fourth-order valence-electron chi connectivity index (χ4n) is 1.66. The van der Waals surface area contributed by atoms with E-state index >= 15 is 0 Å². The van der Waals surface area contributed by atoms with Crippen LogP contribution in [0.4, 0.5) is 8.78 Å². The number of unbranched alkanes of at least 4 members (excludes halogenated alkanes) is 1. The van der Waals surface area contributed by atoms with Crippen molar-refractivity contribution >= 4 is 0 Å². The predicted molar refractivity (Wildman–Crippen MR) is 74.5 cm³/mol. The van der Waals surface area contributed by atoms with E-state index in [1.165, 1.54) is 12.1 Å². The van der Waals surface area contributed by atoms with Crippen molar-refractivity contribution < 1.29 is 18.3 Å². The van der Waals surface area contributed by atoms with Gasteiger partial charge in [-0.2, -0.15) is 8.78 Å². The summed E-state index contributed by atoms with van der Waals surface area (Å²) in [5.74, 6) is 1.22. The van der Waals surface area contributed by atoms with Crippen LogP contribution < -0.4 is 9.47 Å². The lowest BCUT2D eigenvalue weighted by molar-refractivity contribution is -0.0498. The summed E-state index contributed by atoms with van der Waals surface area (Å²) >= 11 is 0. The zero-order chi connectivity index (χ0) is 15.1. The molecule has 0 amide bonds. The first kappa shape index (κ1) is 15.2. The molecule has 0 saturated heterocycles. The second kappa shape index (κ2) is 7.52. The Balaban J connectivity index is 2.01. The van der Waals surface area contributed by atoms with Crippen LogP contribution in [0.1, 0.15) is 19.8 Å². The smallest absolute Gasteiger partial charge is 0.387 e. The zero-order valence-corrected chi connectivity index (χ0v) is 11.6. The Labute approximate surface area is 121 Å². The van der Waals surface area contributed by atoms with Gasteiger partial charge in [0.1, 0.15) is 5.75 Å². The van der Waals surface area contributed by atoms with Crippen LogP contribution in [0.2, 0.25) is 0 Å². The summed E-state index contributed by atoms with van der Waals surface area (Å²) in [4.78, 5) is 8.39. The fourth-order valence-corrected chi connectivity index (χ4v) is 1.66. The molecule has 0 atom stereocenters. The lowest BCUT2D eigenvalue weighted by atomic mass is 10.2. The van der Waals surface area contributed by atoms with Crippen molar-refractivity contribution in [1.82, 2.24) is 9.97 Å². The molecule has 0 spiro atoms. The van der Waals surface area contributed by atoms with Crippen molar-refractivity contribution in [2.45, 2.75) is 26.4 Å². The molecule has 1 heterocycles. The molecule has 0 radical (unpaired) electrons. The van der Waals surface area contributed by atoms with Crippen molar-refractivity contribution in [1.29, 1.82) is 0 Å². The van der Waals surface area contributed by atoms with Crippen LogP contribution in [0.15, 0.2) is 36.7 Å². The highest BCUT2D eigenvalue weighted by atomic mass is 19.3. The van der Waals surface area contributed by atoms with Crippen molar-refractivity contribution in [3.63, 3.8) is 0 Å². The van der Waals surface area contributed by atoms with Gasteiger partial charge in [-0.05, 0) is 30.7 Å². The molecule has 6 heteroatoms. The van der Waals surface area contributed by atoms with E-state index in [-0.39, 0.29) is 5.75 Å². The summed E-state index contributed by atoms with van der Waals surface area (Å²) < 4.78 is 33.9. The Morgan fingerprint density at radius 1 is 1.05 bits per heavy atom. The normalized spacial score (nSPS) is 10.7. The van der Waals surface area contributed by atoms with Crippen LogP contribution in [0, 0.1) is 0 Å². The van der Waals surface area contributed by atoms with Crippen LogP contribution in [0.25, 0.3) is 11.4 Å². The summed E-state index contributed by atoms with van der Waals surface area (Å²) in [6.07, 6.45) is 5.24. The largest absolute Gasteiger partial charge is 0.490 e. The van der Waals surface area contributed by atoms with Gasteiger partial charge in [-0.15, -0.1) is 0 Å². The number of nitrogens with zero attached hydrogens (tertiary/aromatic N) is 2. The Bertz CT molecular complexity index is 545. The Hall–Kier alpha value is -2.24. The van der Waals surface area contributed by atoms with Gasteiger partial charge in [-0.25, -0.2) is 9.97 Å². The van der Waals surface area contributed by atoms with Gasteiger partial charge in [0.15, 0.2) is 11.6 Å². The predicted octanol–water partition coefficient (Wildman–Crippen LogP) is 3.92. The van der Waals surface area contributed by atoms with E-state index in [1.807, 2.05) is 0 Å². The molecule has 0 saturated carbocycles. The van der Waals surface area contributed by atoms with E-state index in [4.69, 9.17) is 4.74 Å². The molecule has 0 aliphatic carbocycles. The highest BCUT2D eigenvalue weighted by molar-refractivity contribution is 5.56. The van der Waals surface area contributed by atoms with Crippen molar-refractivity contribution in [3.05, 3.63) is 36.7 Å². The summed E-state index contributed by atoms with van der Waals surface area (Å²) in [6, 6.07) is 6.17. The van der Waals surface area contributed by atoms with E-state index in [2.05, 4.69) is 21.6 Å². The first-order valence-corrected chi connectivity index (χ1v) is 6.69. The van der Waals surface area contributed by atoms with Gasteiger partial charge < -0.3 is 9.47 Å². The maximum Gasteiger partial charge on any atom is 0.387 e. The van der Waals surface area contributed by atoms with Crippen LogP contribution in [-0.4, -0.2) is 23.2 Å². The SMILES string of the molecule is CCCCOc1cnc(-c2ccc(OC(F)F)cc2)nc1. The minimum Gasteiger partial charge on any atom is -0.490 e. The molecular formula is C15H16F2N2O2. The van der Waals surface area contributed by atoms with Gasteiger partial charge >= 0.3 is 6.61 Å². The summed E-state index contributed by atoms with van der Waals surface area (Å²) in [5, 5.41) is 0. The van der Waals surface area contributed by atoms with E-state index in [0.29, 0.717) is 18.2 Å². The van der Waals surface area contributed by atoms with Crippen LogP contribution in [0.5, 0.6) is 11.5 Å². The van der Waals surface area contributed by atoms with Gasteiger partial charge in [-0.3, -0.25) is 0 Å². The number of benzene rings is 1. The number of alkyl halides is 2. The number of hydrogen-bond donors (Lipinski definition) is 0. The van der Waals surface area contributed by atoms with Gasteiger partial charge in [0.05, 0.1) is 19.0 Å².